The van der Waals surface area contributed by atoms with Crippen LogP contribution in [0.5, 0.6) is 0 Å². The first-order valence-corrected chi connectivity index (χ1v) is 7.02. The molecule has 108 valence electrons. The van der Waals surface area contributed by atoms with Gasteiger partial charge in [0.15, 0.2) is 0 Å². The lowest BCUT2D eigenvalue weighted by atomic mass is 10.1. The number of likely N-dealkylation sites (tertiary alicyclic amines) is 1. The standard InChI is InChI=1S/C15H21N3O2/c1-16-9-10-17-14(19)13-8-5-11-18(13)15(20)12-6-3-2-4-7-12/h2-4,6-7,13,16H,5,8-11H2,1H3,(H,17,19). The van der Waals surface area contributed by atoms with Crippen molar-refractivity contribution in [2.45, 2.75) is 18.9 Å². The van der Waals surface area contributed by atoms with Gasteiger partial charge in [-0.3, -0.25) is 9.59 Å². The van der Waals surface area contributed by atoms with E-state index in [0.29, 0.717) is 18.7 Å². The number of nitrogens with one attached hydrogen (secondary N) is 2. The van der Waals surface area contributed by atoms with Crippen molar-refractivity contribution in [1.82, 2.24) is 15.5 Å². The highest BCUT2D eigenvalue weighted by atomic mass is 16.2. The van der Waals surface area contributed by atoms with E-state index in [1.54, 1.807) is 17.0 Å². The number of hydrogen-bond donors (Lipinski definition) is 2. The van der Waals surface area contributed by atoms with E-state index in [2.05, 4.69) is 10.6 Å². The molecule has 0 bridgehead atoms. The number of nitrogens with zero attached hydrogens (tertiary/aromatic N) is 1. The summed E-state index contributed by atoms with van der Waals surface area (Å²) >= 11 is 0. The predicted molar refractivity (Wildman–Crippen MR) is 77.4 cm³/mol. The van der Waals surface area contributed by atoms with Gasteiger partial charge >= 0.3 is 0 Å². The Hall–Kier alpha value is -1.88. The zero-order valence-electron chi connectivity index (χ0n) is 11.8. The van der Waals surface area contributed by atoms with Crippen molar-refractivity contribution in [3.8, 4) is 0 Å². The average Bonchev–Trinajstić information content (AvgIpc) is 2.97. The van der Waals surface area contributed by atoms with Crippen molar-refractivity contribution >= 4 is 11.8 Å². The third kappa shape index (κ3) is 3.36. The van der Waals surface area contributed by atoms with Crippen molar-refractivity contribution in [3.63, 3.8) is 0 Å². The Kier molecular flexibility index (Phi) is 5.12. The molecule has 0 saturated carbocycles. The molecule has 0 aliphatic carbocycles. The smallest absolute Gasteiger partial charge is 0.254 e. The second-order valence-corrected chi connectivity index (χ2v) is 4.92. The minimum Gasteiger partial charge on any atom is -0.353 e. The van der Waals surface area contributed by atoms with Crippen LogP contribution in [0.3, 0.4) is 0 Å². The highest BCUT2D eigenvalue weighted by molar-refractivity contribution is 5.97. The number of hydrogen-bond acceptors (Lipinski definition) is 3. The van der Waals surface area contributed by atoms with Crippen LogP contribution >= 0.6 is 0 Å². The van der Waals surface area contributed by atoms with Gasteiger partial charge in [0.05, 0.1) is 0 Å². The predicted octanol–water partition coefficient (Wildman–Crippen LogP) is 0.627. The lowest BCUT2D eigenvalue weighted by Crippen LogP contribution is -2.47. The summed E-state index contributed by atoms with van der Waals surface area (Å²) in [4.78, 5) is 26.2. The Bertz CT molecular complexity index is 461. The summed E-state index contributed by atoms with van der Waals surface area (Å²) in [6, 6.07) is 8.80. The molecule has 1 aliphatic heterocycles. The zero-order chi connectivity index (χ0) is 14.4. The number of carbonyl (C=O) groups excluding carboxylic acids is 2. The number of likely N-dealkylation sites (N-methyl/N-ethyl adjacent to an activating group) is 1. The van der Waals surface area contributed by atoms with Crippen LogP contribution in [-0.4, -0.2) is 49.4 Å². The first kappa shape index (κ1) is 14.5. The molecule has 1 heterocycles. The van der Waals surface area contributed by atoms with Gasteiger partial charge in [-0.2, -0.15) is 0 Å². The quantitative estimate of drug-likeness (QED) is 0.775. The van der Waals surface area contributed by atoms with Gasteiger partial charge in [0.25, 0.3) is 5.91 Å². The minimum atomic E-state index is -0.334. The molecular weight excluding hydrogens is 254 g/mol. The minimum absolute atomic E-state index is 0.0537. The topological polar surface area (TPSA) is 61.4 Å². The fourth-order valence-electron chi connectivity index (χ4n) is 2.46. The van der Waals surface area contributed by atoms with Crippen molar-refractivity contribution in [2.24, 2.45) is 0 Å². The second kappa shape index (κ2) is 7.05. The molecule has 0 aromatic heterocycles. The molecule has 5 heteroatoms. The number of carbonyl (C=O) groups is 2. The van der Waals surface area contributed by atoms with Gasteiger partial charge < -0.3 is 15.5 Å². The molecule has 2 amide bonds. The maximum Gasteiger partial charge on any atom is 0.254 e. The Balaban J connectivity index is 2.00. The van der Waals surface area contributed by atoms with Gasteiger partial charge in [-0.25, -0.2) is 0 Å². The van der Waals surface area contributed by atoms with E-state index < -0.39 is 0 Å². The summed E-state index contributed by atoms with van der Waals surface area (Å²) in [6.45, 7) is 1.96. The van der Waals surface area contributed by atoms with Gasteiger partial charge in [-0.15, -0.1) is 0 Å². The van der Waals surface area contributed by atoms with E-state index in [1.807, 2.05) is 25.2 Å². The van der Waals surface area contributed by atoms with Gasteiger partial charge in [0.1, 0.15) is 6.04 Å². The third-order valence-electron chi connectivity index (χ3n) is 3.51. The van der Waals surface area contributed by atoms with Crippen molar-refractivity contribution in [3.05, 3.63) is 35.9 Å². The van der Waals surface area contributed by atoms with Crippen LogP contribution in [0.2, 0.25) is 0 Å². The molecule has 0 radical (unpaired) electrons. The molecule has 2 rings (SSSR count). The van der Waals surface area contributed by atoms with E-state index in [-0.39, 0.29) is 17.9 Å². The Labute approximate surface area is 119 Å². The summed E-state index contributed by atoms with van der Waals surface area (Å²) in [5.74, 6) is -0.112. The van der Waals surface area contributed by atoms with Crippen LogP contribution in [0.1, 0.15) is 23.2 Å². The molecule has 5 nitrogen and oxygen atoms in total. The largest absolute Gasteiger partial charge is 0.353 e. The van der Waals surface area contributed by atoms with Crippen LogP contribution in [0.25, 0.3) is 0 Å². The number of rotatable bonds is 5. The van der Waals surface area contributed by atoms with Crippen LogP contribution in [0.4, 0.5) is 0 Å². The molecule has 20 heavy (non-hydrogen) atoms. The van der Waals surface area contributed by atoms with Crippen LogP contribution in [0.15, 0.2) is 30.3 Å². The second-order valence-electron chi connectivity index (χ2n) is 4.92. The van der Waals surface area contributed by atoms with Crippen molar-refractivity contribution in [2.75, 3.05) is 26.7 Å². The summed E-state index contributed by atoms with van der Waals surface area (Å²) in [5.41, 5.74) is 0.641. The highest BCUT2D eigenvalue weighted by Gasteiger charge is 2.34. The maximum atomic E-state index is 12.4. The van der Waals surface area contributed by atoms with Crippen molar-refractivity contribution in [1.29, 1.82) is 0 Å². The number of amides is 2. The average molecular weight is 275 g/mol. The lowest BCUT2D eigenvalue weighted by molar-refractivity contribution is -0.124. The number of benzene rings is 1. The summed E-state index contributed by atoms with van der Waals surface area (Å²) in [6.07, 6.45) is 1.62. The van der Waals surface area contributed by atoms with Crippen molar-refractivity contribution < 1.29 is 9.59 Å². The fraction of sp³-hybridized carbons (Fsp3) is 0.467. The first-order chi connectivity index (χ1) is 9.74. The fourth-order valence-corrected chi connectivity index (χ4v) is 2.46. The van der Waals surface area contributed by atoms with Crippen LogP contribution < -0.4 is 10.6 Å². The summed E-state index contributed by atoms with van der Waals surface area (Å²) < 4.78 is 0. The Morgan fingerprint density at radius 3 is 2.70 bits per heavy atom. The van der Waals surface area contributed by atoms with Gasteiger partial charge in [-0.1, -0.05) is 18.2 Å². The first-order valence-electron chi connectivity index (χ1n) is 7.02. The molecular formula is C15H21N3O2. The molecule has 1 unspecified atom stereocenters. The van der Waals surface area contributed by atoms with Gasteiger partial charge in [-0.05, 0) is 32.0 Å². The third-order valence-corrected chi connectivity index (χ3v) is 3.51. The monoisotopic (exact) mass is 275 g/mol. The molecule has 0 spiro atoms. The highest BCUT2D eigenvalue weighted by Crippen LogP contribution is 2.20. The molecule has 1 saturated heterocycles. The molecule has 1 fully saturated rings. The lowest BCUT2D eigenvalue weighted by Gasteiger charge is -2.24. The van der Waals surface area contributed by atoms with Gasteiger partial charge in [0.2, 0.25) is 5.91 Å². The SMILES string of the molecule is CNCCNC(=O)C1CCCN1C(=O)c1ccccc1. The molecule has 1 aliphatic rings. The van der Waals surface area contributed by atoms with E-state index in [4.69, 9.17) is 0 Å². The Morgan fingerprint density at radius 1 is 1.25 bits per heavy atom. The molecule has 1 atom stereocenters. The molecule has 1 aromatic rings. The van der Waals surface area contributed by atoms with E-state index in [0.717, 1.165) is 19.4 Å². The van der Waals surface area contributed by atoms with E-state index in [1.165, 1.54) is 0 Å². The molecule has 2 N–H and O–H groups in total. The van der Waals surface area contributed by atoms with E-state index in [9.17, 15) is 9.59 Å². The maximum absolute atomic E-state index is 12.4. The Morgan fingerprint density at radius 2 is 2.00 bits per heavy atom. The summed E-state index contributed by atoms with van der Waals surface area (Å²) in [5, 5.41) is 5.84. The van der Waals surface area contributed by atoms with Crippen LogP contribution in [-0.2, 0) is 4.79 Å². The zero-order valence-corrected chi connectivity index (χ0v) is 11.8. The van der Waals surface area contributed by atoms with Gasteiger partial charge in [0, 0.05) is 25.2 Å². The van der Waals surface area contributed by atoms with E-state index >= 15 is 0 Å². The van der Waals surface area contributed by atoms with Crippen LogP contribution in [0, 0.1) is 0 Å². The normalized spacial score (nSPS) is 18.1. The molecule has 1 aromatic carbocycles. The summed E-state index contributed by atoms with van der Waals surface area (Å²) in [7, 11) is 1.84.